The molecule has 2 heteroatoms. The molecule has 2 saturated carbocycles. The third-order valence-corrected chi connectivity index (χ3v) is 4.70. The molecular formula is C12H21NO. The molecule has 1 saturated heterocycles. The van der Waals surface area contributed by atoms with E-state index in [9.17, 15) is 0 Å². The van der Waals surface area contributed by atoms with Crippen LogP contribution in [0.1, 0.15) is 39.0 Å². The van der Waals surface area contributed by atoms with Gasteiger partial charge in [-0.25, -0.2) is 0 Å². The van der Waals surface area contributed by atoms with Gasteiger partial charge in [0.1, 0.15) is 0 Å². The molecule has 1 atom stereocenters. The SMILES string of the molecule is CC1(CNC2CCC23CCC3)COC1. The van der Waals surface area contributed by atoms with Crippen LogP contribution >= 0.6 is 0 Å². The molecular weight excluding hydrogens is 174 g/mol. The highest BCUT2D eigenvalue weighted by atomic mass is 16.5. The maximum atomic E-state index is 5.27. The lowest BCUT2D eigenvalue weighted by molar-refractivity contribution is -0.108. The Kier molecular flexibility index (Phi) is 1.94. The fourth-order valence-corrected chi connectivity index (χ4v) is 3.17. The number of rotatable bonds is 3. The average Bonchev–Trinajstić information content (AvgIpc) is 1.96. The minimum Gasteiger partial charge on any atom is -0.380 e. The molecule has 1 heterocycles. The van der Waals surface area contributed by atoms with E-state index >= 15 is 0 Å². The lowest BCUT2D eigenvalue weighted by Gasteiger charge is -2.57. The molecule has 3 aliphatic rings. The first kappa shape index (κ1) is 9.17. The minimum atomic E-state index is 0.445. The van der Waals surface area contributed by atoms with E-state index < -0.39 is 0 Å². The summed E-state index contributed by atoms with van der Waals surface area (Å²) in [5, 5.41) is 3.77. The molecule has 1 unspecified atom stereocenters. The first-order valence-electron chi connectivity index (χ1n) is 6.04. The highest BCUT2D eigenvalue weighted by molar-refractivity contribution is 5.05. The van der Waals surface area contributed by atoms with Crippen LogP contribution in [0, 0.1) is 10.8 Å². The van der Waals surface area contributed by atoms with Crippen molar-refractivity contribution in [2.75, 3.05) is 19.8 Å². The summed E-state index contributed by atoms with van der Waals surface area (Å²) in [6.45, 7) is 5.41. The Hall–Kier alpha value is -0.0800. The molecule has 0 amide bonds. The van der Waals surface area contributed by atoms with Crippen LogP contribution in [0.25, 0.3) is 0 Å². The van der Waals surface area contributed by atoms with Crippen LogP contribution in [-0.4, -0.2) is 25.8 Å². The van der Waals surface area contributed by atoms with Crippen molar-refractivity contribution >= 4 is 0 Å². The molecule has 14 heavy (non-hydrogen) atoms. The molecule has 0 radical (unpaired) electrons. The molecule has 3 fully saturated rings. The zero-order chi connectivity index (χ0) is 9.65. The Bertz CT molecular complexity index is 225. The zero-order valence-electron chi connectivity index (χ0n) is 9.14. The van der Waals surface area contributed by atoms with Gasteiger partial charge >= 0.3 is 0 Å². The van der Waals surface area contributed by atoms with E-state index in [-0.39, 0.29) is 0 Å². The largest absolute Gasteiger partial charge is 0.380 e. The predicted octanol–water partition coefficient (Wildman–Crippen LogP) is 1.95. The second-order valence-electron chi connectivity index (χ2n) is 5.99. The standard InChI is InChI=1S/C12H21NO/c1-11(8-14-9-11)7-13-10-3-6-12(10)4-2-5-12/h10,13H,2-9H2,1H3. The van der Waals surface area contributed by atoms with E-state index in [0.717, 1.165) is 24.7 Å². The highest BCUT2D eigenvalue weighted by Gasteiger charge is 2.50. The summed E-state index contributed by atoms with van der Waals surface area (Å²) in [6.07, 6.45) is 7.34. The van der Waals surface area contributed by atoms with Gasteiger partial charge in [-0.15, -0.1) is 0 Å². The van der Waals surface area contributed by atoms with Crippen LogP contribution in [-0.2, 0) is 4.74 Å². The summed E-state index contributed by atoms with van der Waals surface area (Å²) < 4.78 is 5.27. The molecule has 1 N–H and O–H groups in total. The van der Waals surface area contributed by atoms with Gasteiger partial charge in [0.15, 0.2) is 0 Å². The summed E-state index contributed by atoms with van der Waals surface area (Å²) in [5.74, 6) is 0. The molecule has 0 aromatic heterocycles. The molecule has 3 rings (SSSR count). The highest BCUT2D eigenvalue weighted by Crippen LogP contribution is 2.55. The lowest BCUT2D eigenvalue weighted by atomic mass is 9.53. The van der Waals surface area contributed by atoms with Gasteiger partial charge in [0.05, 0.1) is 13.2 Å². The summed E-state index contributed by atoms with van der Waals surface area (Å²) in [6, 6.07) is 0.841. The first-order valence-corrected chi connectivity index (χ1v) is 6.04. The van der Waals surface area contributed by atoms with Gasteiger partial charge in [0.2, 0.25) is 0 Å². The van der Waals surface area contributed by atoms with Gasteiger partial charge in [0.25, 0.3) is 0 Å². The lowest BCUT2D eigenvalue weighted by Crippen LogP contribution is -2.60. The fraction of sp³-hybridized carbons (Fsp3) is 1.00. The Labute approximate surface area is 86.4 Å². The van der Waals surface area contributed by atoms with Crippen LogP contribution in [0.15, 0.2) is 0 Å². The normalized spacial score (nSPS) is 37.1. The van der Waals surface area contributed by atoms with E-state index in [4.69, 9.17) is 4.74 Å². The summed E-state index contributed by atoms with van der Waals surface area (Å²) >= 11 is 0. The van der Waals surface area contributed by atoms with Crippen LogP contribution < -0.4 is 5.32 Å². The molecule has 0 aromatic rings. The molecule has 2 nitrogen and oxygen atoms in total. The molecule has 1 spiro atoms. The second-order valence-corrected chi connectivity index (χ2v) is 5.99. The van der Waals surface area contributed by atoms with Crippen molar-refractivity contribution in [3.8, 4) is 0 Å². The van der Waals surface area contributed by atoms with Crippen LogP contribution in [0.3, 0.4) is 0 Å². The van der Waals surface area contributed by atoms with Crippen LogP contribution in [0.2, 0.25) is 0 Å². The van der Waals surface area contributed by atoms with E-state index in [2.05, 4.69) is 12.2 Å². The maximum absolute atomic E-state index is 5.27. The number of nitrogens with one attached hydrogen (secondary N) is 1. The topological polar surface area (TPSA) is 21.3 Å². The van der Waals surface area contributed by atoms with Gasteiger partial charge in [-0.3, -0.25) is 0 Å². The monoisotopic (exact) mass is 195 g/mol. The molecule has 80 valence electrons. The van der Waals surface area contributed by atoms with Crippen molar-refractivity contribution in [2.24, 2.45) is 10.8 Å². The van der Waals surface area contributed by atoms with Gasteiger partial charge in [-0.1, -0.05) is 13.3 Å². The Morgan fingerprint density at radius 2 is 2.07 bits per heavy atom. The van der Waals surface area contributed by atoms with Crippen molar-refractivity contribution < 1.29 is 4.74 Å². The second kappa shape index (κ2) is 2.96. The summed E-state index contributed by atoms with van der Waals surface area (Å²) in [7, 11) is 0. The molecule has 0 aromatic carbocycles. The Morgan fingerprint density at radius 3 is 2.43 bits per heavy atom. The van der Waals surface area contributed by atoms with E-state index in [1.165, 1.54) is 38.6 Å². The first-order chi connectivity index (χ1) is 6.73. The van der Waals surface area contributed by atoms with E-state index in [0.29, 0.717) is 5.41 Å². The number of ether oxygens (including phenoxy) is 1. The predicted molar refractivity (Wildman–Crippen MR) is 56.2 cm³/mol. The van der Waals surface area contributed by atoms with Crippen molar-refractivity contribution in [3.63, 3.8) is 0 Å². The van der Waals surface area contributed by atoms with Crippen molar-refractivity contribution in [1.82, 2.24) is 5.32 Å². The number of hydrogen-bond donors (Lipinski definition) is 1. The van der Waals surface area contributed by atoms with E-state index in [1.54, 1.807) is 0 Å². The molecule has 2 aliphatic carbocycles. The Morgan fingerprint density at radius 1 is 1.29 bits per heavy atom. The fourth-order valence-electron chi connectivity index (χ4n) is 3.17. The third-order valence-electron chi connectivity index (χ3n) is 4.70. The average molecular weight is 195 g/mol. The van der Waals surface area contributed by atoms with Gasteiger partial charge < -0.3 is 10.1 Å². The maximum Gasteiger partial charge on any atom is 0.0554 e. The van der Waals surface area contributed by atoms with Crippen LogP contribution in [0.5, 0.6) is 0 Å². The van der Waals surface area contributed by atoms with Crippen molar-refractivity contribution in [1.29, 1.82) is 0 Å². The minimum absolute atomic E-state index is 0.445. The zero-order valence-corrected chi connectivity index (χ0v) is 9.14. The molecule has 0 bridgehead atoms. The van der Waals surface area contributed by atoms with Crippen molar-refractivity contribution in [2.45, 2.75) is 45.1 Å². The third kappa shape index (κ3) is 1.24. The smallest absolute Gasteiger partial charge is 0.0554 e. The molecule has 1 aliphatic heterocycles. The summed E-state index contributed by atoms with van der Waals surface area (Å²) in [4.78, 5) is 0. The quantitative estimate of drug-likeness (QED) is 0.743. The number of hydrogen-bond acceptors (Lipinski definition) is 2. The van der Waals surface area contributed by atoms with Crippen molar-refractivity contribution in [3.05, 3.63) is 0 Å². The Balaban J connectivity index is 1.48. The van der Waals surface area contributed by atoms with Gasteiger partial charge in [-0.2, -0.15) is 0 Å². The van der Waals surface area contributed by atoms with Gasteiger partial charge in [0, 0.05) is 18.0 Å². The van der Waals surface area contributed by atoms with E-state index in [1.807, 2.05) is 0 Å². The van der Waals surface area contributed by atoms with Gasteiger partial charge in [-0.05, 0) is 31.1 Å². The summed E-state index contributed by atoms with van der Waals surface area (Å²) in [5.41, 5.74) is 1.20. The van der Waals surface area contributed by atoms with Crippen LogP contribution in [0.4, 0.5) is 0 Å².